The van der Waals surface area contributed by atoms with Crippen molar-refractivity contribution in [3.63, 3.8) is 0 Å². The Bertz CT molecular complexity index is 433. The van der Waals surface area contributed by atoms with Crippen LogP contribution in [0.5, 0.6) is 5.75 Å². The number of nitrogens with zero attached hydrogens (tertiary/aromatic N) is 1. The minimum Gasteiger partial charge on any atom is -0.490 e. The molecular weight excluding hydrogens is 300 g/mol. The molecule has 0 saturated carbocycles. The largest absolute Gasteiger partial charge is 0.490 e. The van der Waals surface area contributed by atoms with E-state index in [-0.39, 0.29) is 11.2 Å². The van der Waals surface area contributed by atoms with Crippen LogP contribution in [0, 0.1) is 10.1 Å². The number of ether oxygens (including phenoxy) is 1. The standard InChI is InChI=1S/C12H17BrN2O3/c1-3-12(14,4-2)8-18-11-6-5-9(15(16)17)7-10(11)13/h5-7H,3-4,8,14H2,1-2H3. The molecule has 0 unspecified atom stereocenters. The highest BCUT2D eigenvalue weighted by molar-refractivity contribution is 9.10. The quantitative estimate of drug-likeness (QED) is 0.645. The molecule has 0 saturated heterocycles. The second kappa shape index (κ2) is 6.15. The van der Waals surface area contributed by atoms with Gasteiger partial charge in [0.2, 0.25) is 0 Å². The lowest BCUT2D eigenvalue weighted by Gasteiger charge is -2.26. The molecule has 0 bridgehead atoms. The van der Waals surface area contributed by atoms with Crippen LogP contribution in [0.1, 0.15) is 26.7 Å². The molecule has 0 heterocycles. The highest BCUT2D eigenvalue weighted by atomic mass is 79.9. The Morgan fingerprint density at radius 3 is 2.50 bits per heavy atom. The molecule has 5 nitrogen and oxygen atoms in total. The molecule has 100 valence electrons. The summed E-state index contributed by atoms with van der Waals surface area (Å²) in [5.41, 5.74) is 5.79. The molecule has 0 aliphatic rings. The fraction of sp³-hybridized carbons (Fsp3) is 0.500. The molecule has 0 fully saturated rings. The van der Waals surface area contributed by atoms with E-state index in [1.54, 1.807) is 6.07 Å². The zero-order valence-electron chi connectivity index (χ0n) is 10.5. The predicted octanol–water partition coefficient (Wildman–Crippen LogP) is 3.25. The first-order valence-corrected chi connectivity index (χ1v) is 6.57. The highest BCUT2D eigenvalue weighted by Crippen LogP contribution is 2.29. The van der Waals surface area contributed by atoms with Crippen LogP contribution in [0.15, 0.2) is 22.7 Å². The number of nitro groups is 1. The normalized spacial score (nSPS) is 11.3. The molecule has 0 aromatic heterocycles. The van der Waals surface area contributed by atoms with Gasteiger partial charge in [0.05, 0.1) is 9.40 Å². The average molecular weight is 317 g/mol. The van der Waals surface area contributed by atoms with Crippen molar-refractivity contribution < 1.29 is 9.66 Å². The molecule has 6 heteroatoms. The minimum atomic E-state index is -0.445. The first kappa shape index (κ1) is 14.9. The summed E-state index contributed by atoms with van der Waals surface area (Å²) in [5.74, 6) is 0.567. The summed E-state index contributed by atoms with van der Waals surface area (Å²) in [6.45, 7) is 4.41. The Labute approximate surface area is 115 Å². The van der Waals surface area contributed by atoms with Crippen molar-refractivity contribution in [1.82, 2.24) is 0 Å². The van der Waals surface area contributed by atoms with Crippen LogP contribution in [-0.4, -0.2) is 17.1 Å². The van der Waals surface area contributed by atoms with Gasteiger partial charge in [-0.15, -0.1) is 0 Å². The summed E-state index contributed by atoms with van der Waals surface area (Å²) in [6, 6.07) is 4.41. The van der Waals surface area contributed by atoms with Gasteiger partial charge in [-0.25, -0.2) is 0 Å². The monoisotopic (exact) mass is 316 g/mol. The van der Waals surface area contributed by atoms with Gasteiger partial charge < -0.3 is 10.5 Å². The molecule has 2 N–H and O–H groups in total. The van der Waals surface area contributed by atoms with Gasteiger partial charge in [-0.05, 0) is 34.8 Å². The zero-order chi connectivity index (χ0) is 13.8. The molecule has 0 atom stereocenters. The van der Waals surface area contributed by atoms with Crippen molar-refractivity contribution in [3.05, 3.63) is 32.8 Å². The van der Waals surface area contributed by atoms with Crippen molar-refractivity contribution in [1.29, 1.82) is 0 Å². The first-order valence-electron chi connectivity index (χ1n) is 5.77. The van der Waals surface area contributed by atoms with E-state index in [9.17, 15) is 10.1 Å². The van der Waals surface area contributed by atoms with Gasteiger partial charge in [0.25, 0.3) is 5.69 Å². The summed E-state index contributed by atoms with van der Waals surface area (Å²) < 4.78 is 6.19. The molecule has 1 rings (SSSR count). The third kappa shape index (κ3) is 3.68. The number of halogens is 1. The van der Waals surface area contributed by atoms with Gasteiger partial charge in [-0.3, -0.25) is 10.1 Å². The number of non-ortho nitro benzene ring substituents is 1. The van der Waals surface area contributed by atoms with E-state index >= 15 is 0 Å². The fourth-order valence-electron chi connectivity index (χ4n) is 1.40. The number of rotatable bonds is 6. The summed E-state index contributed by atoms with van der Waals surface area (Å²) in [7, 11) is 0. The van der Waals surface area contributed by atoms with Crippen LogP contribution >= 0.6 is 15.9 Å². The number of hydrogen-bond donors (Lipinski definition) is 1. The number of nitrogens with two attached hydrogens (primary N) is 1. The molecule has 0 aliphatic heterocycles. The smallest absolute Gasteiger partial charge is 0.270 e. The maximum Gasteiger partial charge on any atom is 0.270 e. The molecule has 1 aromatic carbocycles. The Kier molecular flexibility index (Phi) is 5.10. The van der Waals surface area contributed by atoms with Crippen LogP contribution < -0.4 is 10.5 Å². The van der Waals surface area contributed by atoms with Crippen LogP contribution in [0.4, 0.5) is 5.69 Å². The van der Waals surface area contributed by atoms with Crippen molar-refractivity contribution in [2.75, 3.05) is 6.61 Å². The third-order valence-electron chi connectivity index (χ3n) is 3.05. The molecule has 0 amide bonds. The topological polar surface area (TPSA) is 78.4 Å². The summed E-state index contributed by atoms with van der Waals surface area (Å²) >= 11 is 3.26. The lowest BCUT2D eigenvalue weighted by atomic mass is 9.96. The van der Waals surface area contributed by atoms with Crippen LogP contribution in [0.2, 0.25) is 0 Å². The summed E-state index contributed by atoms with van der Waals surface area (Å²) in [6.07, 6.45) is 1.63. The Balaban J connectivity index is 2.77. The Morgan fingerprint density at radius 2 is 2.06 bits per heavy atom. The van der Waals surface area contributed by atoms with E-state index in [2.05, 4.69) is 15.9 Å². The zero-order valence-corrected chi connectivity index (χ0v) is 12.1. The lowest BCUT2D eigenvalue weighted by Crippen LogP contribution is -2.44. The summed E-state index contributed by atoms with van der Waals surface area (Å²) in [5, 5.41) is 10.6. The van der Waals surface area contributed by atoms with Gasteiger partial charge >= 0.3 is 0 Å². The van der Waals surface area contributed by atoms with Gasteiger partial charge in [-0.2, -0.15) is 0 Å². The van der Waals surface area contributed by atoms with E-state index in [1.165, 1.54) is 12.1 Å². The van der Waals surface area contributed by atoms with Gasteiger partial charge in [0.1, 0.15) is 12.4 Å². The van der Waals surface area contributed by atoms with E-state index in [0.717, 1.165) is 12.8 Å². The first-order chi connectivity index (χ1) is 8.41. The third-order valence-corrected chi connectivity index (χ3v) is 3.67. The minimum absolute atomic E-state index is 0.0271. The van der Waals surface area contributed by atoms with Gasteiger partial charge in [0.15, 0.2) is 0 Å². The van der Waals surface area contributed by atoms with Crippen molar-refractivity contribution in [3.8, 4) is 5.75 Å². The number of hydrogen-bond acceptors (Lipinski definition) is 4. The Morgan fingerprint density at radius 1 is 1.44 bits per heavy atom. The molecule has 0 aliphatic carbocycles. The number of nitro benzene ring substituents is 1. The fourth-order valence-corrected chi connectivity index (χ4v) is 1.88. The predicted molar refractivity (Wildman–Crippen MR) is 73.8 cm³/mol. The van der Waals surface area contributed by atoms with Crippen LogP contribution in [0.25, 0.3) is 0 Å². The number of benzene rings is 1. The van der Waals surface area contributed by atoms with E-state index in [4.69, 9.17) is 10.5 Å². The van der Waals surface area contributed by atoms with Crippen molar-refractivity contribution in [2.45, 2.75) is 32.2 Å². The average Bonchev–Trinajstić information content (AvgIpc) is 2.36. The van der Waals surface area contributed by atoms with E-state index in [0.29, 0.717) is 16.8 Å². The molecule has 0 radical (unpaired) electrons. The molecule has 18 heavy (non-hydrogen) atoms. The van der Waals surface area contributed by atoms with E-state index in [1.807, 2.05) is 13.8 Å². The molecule has 0 spiro atoms. The maximum atomic E-state index is 10.6. The second-order valence-electron chi connectivity index (χ2n) is 4.23. The van der Waals surface area contributed by atoms with Gasteiger partial charge in [-0.1, -0.05) is 13.8 Å². The highest BCUT2D eigenvalue weighted by Gasteiger charge is 2.22. The van der Waals surface area contributed by atoms with Crippen LogP contribution in [-0.2, 0) is 0 Å². The lowest BCUT2D eigenvalue weighted by molar-refractivity contribution is -0.385. The van der Waals surface area contributed by atoms with Crippen molar-refractivity contribution in [2.24, 2.45) is 5.73 Å². The Hall–Kier alpha value is -1.14. The second-order valence-corrected chi connectivity index (χ2v) is 5.08. The van der Waals surface area contributed by atoms with Gasteiger partial charge in [0, 0.05) is 17.7 Å². The SMILES string of the molecule is CCC(N)(CC)COc1ccc([N+](=O)[O-])cc1Br. The van der Waals surface area contributed by atoms with E-state index < -0.39 is 4.92 Å². The maximum absolute atomic E-state index is 10.6. The summed E-state index contributed by atoms with van der Waals surface area (Å²) in [4.78, 5) is 10.2. The van der Waals surface area contributed by atoms with Crippen LogP contribution in [0.3, 0.4) is 0 Å². The molecular formula is C12H17BrN2O3. The van der Waals surface area contributed by atoms with Crippen molar-refractivity contribution >= 4 is 21.6 Å². The molecule has 1 aromatic rings.